The van der Waals surface area contributed by atoms with Crippen molar-refractivity contribution in [1.82, 2.24) is 20.9 Å². The van der Waals surface area contributed by atoms with Crippen molar-refractivity contribution in [1.29, 1.82) is 0 Å². The zero-order valence-corrected chi connectivity index (χ0v) is 21.6. The Morgan fingerprint density at radius 1 is 0.971 bits per heavy atom. The molecule has 1 unspecified atom stereocenters. The van der Waals surface area contributed by atoms with Crippen LogP contribution in [0.25, 0.3) is 0 Å². The molecular formula is C28H40N4OS. The summed E-state index contributed by atoms with van der Waals surface area (Å²) in [6, 6.07) is 20.9. The van der Waals surface area contributed by atoms with Crippen LogP contribution in [-0.4, -0.2) is 41.1 Å². The molecule has 3 atom stereocenters. The first kappa shape index (κ1) is 26.2. The van der Waals surface area contributed by atoms with Gasteiger partial charge < -0.3 is 20.9 Å². The molecule has 0 spiro atoms. The minimum Gasteiger partial charge on any atom is -0.358 e. The van der Waals surface area contributed by atoms with Crippen molar-refractivity contribution in [3.63, 3.8) is 0 Å². The number of thiocarbonyl (C=S) groups is 1. The Morgan fingerprint density at radius 2 is 1.56 bits per heavy atom. The van der Waals surface area contributed by atoms with E-state index in [1.165, 1.54) is 18.4 Å². The minimum absolute atomic E-state index is 0.0732. The van der Waals surface area contributed by atoms with Crippen molar-refractivity contribution in [3.05, 3.63) is 71.8 Å². The maximum absolute atomic E-state index is 13.3. The van der Waals surface area contributed by atoms with Gasteiger partial charge in [0.05, 0.1) is 0 Å². The molecule has 1 saturated carbocycles. The van der Waals surface area contributed by atoms with Gasteiger partial charge in [0.2, 0.25) is 5.91 Å². The molecule has 0 aromatic heterocycles. The Morgan fingerprint density at radius 3 is 2.18 bits per heavy atom. The second kappa shape index (κ2) is 13.4. The standard InChI is InChI=1S/C28H40N4OS/c1-21(2)18-26(27(33)32(3)20-23-14-8-5-9-15-23)31-28(34)30-25-17-11-10-16-24(25)29-19-22-12-6-4-7-13-22/h4-9,12-15,21,24-26,29H,10-11,16-20H2,1-3H3,(H2,30,31,34)/t24-,25-,26?/m0/s1. The quantitative estimate of drug-likeness (QED) is 0.433. The van der Waals surface area contributed by atoms with Crippen LogP contribution in [0.2, 0.25) is 0 Å². The van der Waals surface area contributed by atoms with E-state index in [9.17, 15) is 4.79 Å². The van der Waals surface area contributed by atoms with Gasteiger partial charge in [-0.1, -0.05) is 87.4 Å². The highest BCUT2D eigenvalue weighted by molar-refractivity contribution is 7.80. The third-order valence-corrected chi connectivity index (χ3v) is 6.68. The van der Waals surface area contributed by atoms with Crippen molar-refractivity contribution in [2.24, 2.45) is 5.92 Å². The van der Waals surface area contributed by atoms with Gasteiger partial charge in [0.1, 0.15) is 6.04 Å². The summed E-state index contributed by atoms with van der Waals surface area (Å²) in [5, 5.41) is 11.2. The third-order valence-electron chi connectivity index (χ3n) is 6.44. The van der Waals surface area contributed by atoms with Crippen LogP contribution in [0.1, 0.15) is 57.1 Å². The first-order chi connectivity index (χ1) is 16.4. The van der Waals surface area contributed by atoms with Crippen LogP contribution in [0.4, 0.5) is 0 Å². The van der Waals surface area contributed by atoms with Gasteiger partial charge in [-0.2, -0.15) is 0 Å². The van der Waals surface area contributed by atoms with Gasteiger partial charge in [0.15, 0.2) is 5.11 Å². The lowest BCUT2D eigenvalue weighted by Gasteiger charge is -2.35. The van der Waals surface area contributed by atoms with E-state index < -0.39 is 0 Å². The van der Waals surface area contributed by atoms with Gasteiger partial charge in [0.25, 0.3) is 0 Å². The number of rotatable bonds is 10. The molecule has 0 saturated heterocycles. The molecule has 184 valence electrons. The second-order valence-corrected chi connectivity index (χ2v) is 10.3. The highest BCUT2D eigenvalue weighted by Crippen LogP contribution is 2.19. The van der Waals surface area contributed by atoms with Crippen LogP contribution in [0.5, 0.6) is 0 Å². The number of benzene rings is 2. The molecule has 1 amide bonds. The fourth-order valence-electron chi connectivity index (χ4n) is 4.66. The Kier molecular flexibility index (Phi) is 10.4. The molecular weight excluding hydrogens is 440 g/mol. The summed E-state index contributed by atoms with van der Waals surface area (Å²) in [6.07, 6.45) is 5.36. The smallest absolute Gasteiger partial charge is 0.245 e. The summed E-state index contributed by atoms with van der Waals surface area (Å²) >= 11 is 5.71. The van der Waals surface area contributed by atoms with Crippen molar-refractivity contribution in [2.45, 2.75) is 77.2 Å². The number of nitrogens with one attached hydrogen (secondary N) is 3. The third kappa shape index (κ3) is 8.41. The summed E-state index contributed by atoms with van der Waals surface area (Å²) in [6.45, 7) is 5.72. The van der Waals surface area contributed by atoms with Crippen LogP contribution in [0.15, 0.2) is 60.7 Å². The van der Waals surface area contributed by atoms with Gasteiger partial charge in [-0.25, -0.2) is 0 Å². The summed E-state index contributed by atoms with van der Waals surface area (Å²) < 4.78 is 0. The van der Waals surface area contributed by atoms with Crippen LogP contribution < -0.4 is 16.0 Å². The van der Waals surface area contributed by atoms with Crippen molar-refractivity contribution < 1.29 is 4.79 Å². The number of amides is 1. The predicted molar refractivity (Wildman–Crippen MR) is 144 cm³/mol. The van der Waals surface area contributed by atoms with E-state index in [1.807, 2.05) is 43.4 Å². The lowest BCUT2D eigenvalue weighted by atomic mass is 9.90. The molecule has 2 aromatic rings. The van der Waals surface area contributed by atoms with E-state index in [2.05, 4.69) is 54.1 Å². The molecule has 0 radical (unpaired) electrons. The van der Waals surface area contributed by atoms with Gasteiger partial charge >= 0.3 is 0 Å². The van der Waals surface area contributed by atoms with Crippen LogP contribution in [0, 0.1) is 5.92 Å². The van der Waals surface area contributed by atoms with E-state index in [-0.39, 0.29) is 18.0 Å². The largest absolute Gasteiger partial charge is 0.358 e. The molecule has 1 fully saturated rings. The van der Waals surface area contributed by atoms with E-state index in [0.29, 0.717) is 23.6 Å². The molecule has 2 aromatic carbocycles. The second-order valence-electron chi connectivity index (χ2n) is 9.84. The highest BCUT2D eigenvalue weighted by atomic mass is 32.1. The number of hydrogen-bond acceptors (Lipinski definition) is 3. The fourth-order valence-corrected chi connectivity index (χ4v) is 4.95. The molecule has 3 N–H and O–H groups in total. The summed E-state index contributed by atoms with van der Waals surface area (Å²) in [4.78, 5) is 15.1. The molecule has 1 aliphatic carbocycles. The van der Waals surface area contributed by atoms with Gasteiger partial charge in [0, 0.05) is 32.2 Å². The summed E-state index contributed by atoms with van der Waals surface area (Å²) in [5.74, 6) is 0.452. The molecule has 1 aliphatic rings. The van der Waals surface area contributed by atoms with Crippen molar-refractivity contribution >= 4 is 23.2 Å². The van der Waals surface area contributed by atoms with Crippen LogP contribution in [0.3, 0.4) is 0 Å². The number of nitrogens with zero attached hydrogens (tertiary/aromatic N) is 1. The molecule has 0 heterocycles. The fraction of sp³-hybridized carbons (Fsp3) is 0.500. The molecule has 0 bridgehead atoms. The lowest BCUT2D eigenvalue weighted by molar-refractivity contribution is -0.132. The van der Waals surface area contributed by atoms with Crippen LogP contribution in [-0.2, 0) is 17.9 Å². The number of carbonyl (C=O) groups is 1. The van der Waals surface area contributed by atoms with Gasteiger partial charge in [-0.05, 0) is 48.5 Å². The maximum Gasteiger partial charge on any atom is 0.245 e. The van der Waals surface area contributed by atoms with Crippen LogP contribution >= 0.6 is 12.2 Å². The molecule has 3 rings (SSSR count). The average molecular weight is 481 g/mol. The Labute approximate surface area is 210 Å². The first-order valence-electron chi connectivity index (χ1n) is 12.6. The van der Waals surface area contributed by atoms with Gasteiger partial charge in [-0.3, -0.25) is 4.79 Å². The van der Waals surface area contributed by atoms with E-state index in [4.69, 9.17) is 12.2 Å². The number of likely N-dealkylation sites (N-methyl/N-ethyl adjacent to an activating group) is 1. The van der Waals surface area contributed by atoms with E-state index in [0.717, 1.165) is 31.4 Å². The zero-order valence-electron chi connectivity index (χ0n) is 20.8. The lowest BCUT2D eigenvalue weighted by Crippen LogP contribution is -2.57. The summed E-state index contributed by atoms with van der Waals surface area (Å²) in [7, 11) is 1.87. The molecule has 34 heavy (non-hydrogen) atoms. The van der Waals surface area contributed by atoms with E-state index >= 15 is 0 Å². The average Bonchev–Trinajstić information content (AvgIpc) is 2.83. The first-order valence-corrected chi connectivity index (χ1v) is 13.0. The molecule has 6 heteroatoms. The monoisotopic (exact) mass is 480 g/mol. The Bertz CT molecular complexity index is 890. The molecule has 0 aliphatic heterocycles. The minimum atomic E-state index is -0.340. The number of carbonyl (C=O) groups excluding carboxylic acids is 1. The van der Waals surface area contributed by atoms with E-state index in [1.54, 1.807) is 4.90 Å². The maximum atomic E-state index is 13.3. The highest BCUT2D eigenvalue weighted by Gasteiger charge is 2.28. The Balaban J connectivity index is 1.57. The summed E-state index contributed by atoms with van der Waals surface area (Å²) in [5.41, 5.74) is 2.41. The normalized spacial score (nSPS) is 18.8. The predicted octanol–water partition coefficient (Wildman–Crippen LogP) is 4.62. The SMILES string of the molecule is CC(C)CC(NC(=S)N[C@H]1CCCC[C@@H]1NCc1ccccc1)C(=O)N(C)Cc1ccccc1. The molecule has 5 nitrogen and oxygen atoms in total. The number of hydrogen-bond donors (Lipinski definition) is 3. The van der Waals surface area contributed by atoms with Crippen molar-refractivity contribution in [3.8, 4) is 0 Å². The Hall–Kier alpha value is -2.44. The topological polar surface area (TPSA) is 56.4 Å². The zero-order chi connectivity index (χ0) is 24.3. The van der Waals surface area contributed by atoms with Crippen molar-refractivity contribution in [2.75, 3.05) is 7.05 Å². The van der Waals surface area contributed by atoms with Gasteiger partial charge in [-0.15, -0.1) is 0 Å².